The molecular formula is C55H66FN5O8Si. The molecule has 0 radical (unpaired) electrons. The van der Waals surface area contributed by atoms with Gasteiger partial charge in [0.1, 0.15) is 41.3 Å². The molecule has 2 amide bonds. The number of carbonyl (C=O) groups is 3. The van der Waals surface area contributed by atoms with Crippen LogP contribution in [0.25, 0.3) is 11.3 Å². The zero-order chi connectivity index (χ0) is 50.7. The summed E-state index contributed by atoms with van der Waals surface area (Å²) >= 11 is 0. The molecule has 3 heterocycles. The van der Waals surface area contributed by atoms with E-state index < -0.39 is 25.7 Å². The van der Waals surface area contributed by atoms with Crippen LogP contribution in [-0.4, -0.2) is 99.2 Å². The summed E-state index contributed by atoms with van der Waals surface area (Å²) in [6.07, 6.45) is 0.351. The summed E-state index contributed by atoms with van der Waals surface area (Å²) in [6.45, 7) is 22.9. The lowest BCUT2D eigenvalue weighted by Gasteiger charge is -2.36. The summed E-state index contributed by atoms with van der Waals surface area (Å²) in [7, 11) is 1.17. The fourth-order valence-electron chi connectivity index (χ4n) is 8.40. The Hall–Kier alpha value is -6.47. The lowest BCUT2D eigenvalue weighted by Crippen LogP contribution is -2.43. The molecule has 1 saturated heterocycles. The Labute approximate surface area is 412 Å². The van der Waals surface area contributed by atoms with Gasteiger partial charge in [-0.15, -0.1) is 0 Å². The molecule has 0 saturated carbocycles. The Kier molecular flexibility index (Phi) is 15.3. The number of esters is 1. The van der Waals surface area contributed by atoms with E-state index in [0.717, 1.165) is 24.2 Å². The third kappa shape index (κ3) is 11.6. The van der Waals surface area contributed by atoms with Crippen LogP contribution >= 0.6 is 0 Å². The van der Waals surface area contributed by atoms with Gasteiger partial charge < -0.3 is 32.8 Å². The second-order valence-corrected chi connectivity index (χ2v) is 25.3. The number of benzene rings is 4. The molecule has 2 aliphatic rings. The van der Waals surface area contributed by atoms with Crippen molar-refractivity contribution >= 4 is 37.5 Å². The summed E-state index contributed by atoms with van der Waals surface area (Å²) in [5.74, 6) is -0.182. The number of fused-ring (bicyclic) bond motifs is 1. The Morgan fingerprint density at radius 1 is 0.857 bits per heavy atom. The quantitative estimate of drug-likeness (QED) is 0.0782. The van der Waals surface area contributed by atoms with Crippen LogP contribution in [0.2, 0.25) is 18.1 Å². The first-order valence-corrected chi connectivity index (χ1v) is 26.7. The fourth-order valence-corrected chi connectivity index (χ4v) is 9.43. The summed E-state index contributed by atoms with van der Waals surface area (Å²) in [5.41, 5.74) is 4.90. The van der Waals surface area contributed by atoms with Gasteiger partial charge in [0, 0.05) is 68.5 Å². The van der Waals surface area contributed by atoms with E-state index in [1.807, 2.05) is 48.9 Å². The third-order valence-corrected chi connectivity index (χ3v) is 17.9. The fraction of sp³-hybridized carbons (Fsp3) is 0.418. The molecule has 0 N–H and O–H groups in total. The zero-order valence-electron chi connectivity index (χ0n) is 42.5. The van der Waals surface area contributed by atoms with E-state index >= 15 is 9.18 Å². The van der Waals surface area contributed by atoms with E-state index in [0.29, 0.717) is 90.5 Å². The topological polar surface area (TPSA) is 136 Å². The van der Waals surface area contributed by atoms with Gasteiger partial charge >= 0.3 is 5.97 Å². The normalized spacial score (nSPS) is 14.4. The molecule has 0 unspecified atom stereocenters. The number of morpholine rings is 1. The Balaban J connectivity index is 1.18. The van der Waals surface area contributed by atoms with Gasteiger partial charge in [0.05, 0.1) is 49.1 Å². The van der Waals surface area contributed by atoms with Crippen LogP contribution in [0.1, 0.15) is 90.2 Å². The van der Waals surface area contributed by atoms with E-state index in [4.69, 9.17) is 23.4 Å². The maximum atomic E-state index is 15.4. The first-order valence-electron chi connectivity index (χ1n) is 23.8. The monoisotopic (exact) mass is 971 g/mol. The number of hydrogen-bond donors (Lipinski definition) is 0. The third-order valence-electron chi connectivity index (χ3n) is 13.6. The minimum atomic E-state index is -2.17. The van der Waals surface area contributed by atoms with Crippen LogP contribution in [0.5, 0.6) is 17.2 Å². The van der Waals surface area contributed by atoms with Crippen molar-refractivity contribution in [2.75, 3.05) is 58.0 Å². The Morgan fingerprint density at radius 3 is 2.19 bits per heavy atom. The van der Waals surface area contributed by atoms with Crippen molar-refractivity contribution in [3.63, 3.8) is 0 Å². The Bertz CT molecular complexity index is 2800. The minimum Gasteiger partial charge on any atom is -0.544 e. The standard InChI is InChI=1S/C55H66FN5O8Si/c1-36-45(52(63)61(42-15-19-50(65-9)39(28-42)34-57)41-13-17-43(18-14-41)69-70(10,11)55(5,6)7)33-49(58(36)8)46-29-37-20-21-60(35-40(37)30-47(46)53(64)68-54(2,3)4)51(62)31-38-12-16-44(32-48(38)56)67-27-24-59-22-25-66-26-23-59/h12-19,28-30,32-33H,20-27,31,35H2,1-11H3. The van der Waals surface area contributed by atoms with Crippen LogP contribution in [0.3, 0.4) is 0 Å². The van der Waals surface area contributed by atoms with Crippen LogP contribution < -0.4 is 18.8 Å². The molecule has 70 heavy (non-hydrogen) atoms. The van der Waals surface area contributed by atoms with Crippen molar-refractivity contribution < 1.29 is 42.1 Å². The number of rotatable bonds is 14. The van der Waals surface area contributed by atoms with Crippen molar-refractivity contribution in [1.29, 1.82) is 5.26 Å². The molecule has 0 aliphatic carbocycles. The number of hydrogen-bond acceptors (Lipinski definition) is 10. The molecule has 4 aromatic carbocycles. The molecule has 5 aromatic rings. The van der Waals surface area contributed by atoms with Gasteiger partial charge in [0.2, 0.25) is 14.2 Å². The maximum absolute atomic E-state index is 15.4. The van der Waals surface area contributed by atoms with E-state index in [1.165, 1.54) is 13.2 Å². The zero-order valence-corrected chi connectivity index (χ0v) is 43.5. The van der Waals surface area contributed by atoms with Crippen LogP contribution in [0.15, 0.2) is 78.9 Å². The first kappa shape index (κ1) is 51.4. The predicted molar refractivity (Wildman–Crippen MR) is 271 cm³/mol. The molecule has 15 heteroatoms. The Morgan fingerprint density at radius 2 is 1.54 bits per heavy atom. The van der Waals surface area contributed by atoms with E-state index in [-0.39, 0.29) is 46.5 Å². The number of methoxy groups -OCH3 is 1. The lowest BCUT2D eigenvalue weighted by atomic mass is 9.91. The number of carbonyl (C=O) groups excluding carboxylic acids is 3. The number of nitriles is 1. The molecular weight excluding hydrogens is 906 g/mol. The molecule has 2 aliphatic heterocycles. The van der Waals surface area contributed by atoms with Crippen molar-refractivity contribution in [3.8, 4) is 34.6 Å². The van der Waals surface area contributed by atoms with E-state index in [2.05, 4.69) is 44.8 Å². The molecule has 13 nitrogen and oxygen atoms in total. The molecule has 0 spiro atoms. The highest BCUT2D eigenvalue weighted by atomic mass is 28.4. The summed E-state index contributed by atoms with van der Waals surface area (Å²) in [5, 5.41) is 10.0. The highest BCUT2D eigenvalue weighted by Crippen LogP contribution is 2.40. The summed E-state index contributed by atoms with van der Waals surface area (Å²) in [4.78, 5) is 48.7. The highest BCUT2D eigenvalue weighted by molar-refractivity contribution is 6.74. The van der Waals surface area contributed by atoms with Crippen LogP contribution in [-0.2, 0) is 40.7 Å². The second-order valence-electron chi connectivity index (χ2n) is 20.5. The number of aromatic nitrogens is 1. The van der Waals surface area contributed by atoms with E-state index in [9.17, 15) is 14.9 Å². The number of halogens is 1. The van der Waals surface area contributed by atoms with Crippen molar-refractivity contribution in [2.24, 2.45) is 7.05 Å². The van der Waals surface area contributed by atoms with Gasteiger partial charge in [0.15, 0.2) is 0 Å². The molecule has 1 fully saturated rings. The number of ether oxygens (including phenoxy) is 4. The number of amides is 2. The molecule has 0 bridgehead atoms. The van der Waals surface area contributed by atoms with Gasteiger partial charge in [-0.1, -0.05) is 26.8 Å². The van der Waals surface area contributed by atoms with Gasteiger partial charge in [-0.25, -0.2) is 9.18 Å². The smallest absolute Gasteiger partial charge is 0.339 e. The van der Waals surface area contributed by atoms with Crippen molar-refractivity contribution in [3.05, 3.63) is 124 Å². The largest absolute Gasteiger partial charge is 0.544 e. The van der Waals surface area contributed by atoms with Gasteiger partial charge in [-0.05, 0) is 136 Å². The van der Waals surface area contributed by atoms with Gasteiger partial charge in [-0.2, -0.15) is 5.26 Å². The average Bonchev–Trinajstić information content (AvgIpc) is 3.61. The summed E-state index contributed by atoms with van der Waals surface area (Å²) in [6, 6.07) is 24.8. The van der Waals surface area contributed by atoms with E-state index in [1.54, 1.807) is 73.0 Å². The number of nitrogens with zero attached hydrogens (tertiary/aromatic N) is 5. The van der Waals surface area contributed by atoms with Crippen LogP contribution in [0, 0.1) is 24.1 Å². The number of anilines is 2. The van der Waals surface area contributed by atoms with Crippen LogP contribution in [0.4, 0.5) is 15.8 Å². The maximum Gasteiger partial charge on any atom is 0.339 e. The SMILES string of the molecule is COc1ccc(N(C(=O)c2cc(-c3cc4c(cc3C(=O)OC(C)(C)C)CN(C(=O)Cc3ccc(OCCN5CCOCC5)cc3F)CC4)n(C)c2C)c2ccc(O[Si](C)(C)C(C)(C)C)cc2)cc1C#N. The summed E-state index contributed by atoms with van der Waals surface area (Å²) < 4.78 is 46.5. The van der Waals surface area contributed by atoms with Gasteiger partial charge in [-0.3, -0.25) is 19.4 Å². The van der Waals surface area contributed by atoms with Crippen molar-refractivity contribution in [1.82, 2.24) is 14.4 Å². The second kappa shape index (κ2) is 20.9. The molecule has 1 aromatic heterocycles. The van der Waals surface area contributed by atoms with Crippen molar-refractivity contribution in [2.45, 2.75) is 91.6 Å². The predicted octanol–water partition coefficient (Wildman–Crippen LogP) is 10.2. The molecule has 370 valence electrons. The first-order chi connectivity index (χ1) is 33.1. The minimum absolute atomic E-state index is 0.0239. The van der Waals surface area contributed by atoms with Gasteiger partial charge in [0.25, 0.3) is 5.91 Å². The molecule has 7 rings (SSSR count). The average molecular weight is 972 g/mol. The molecule has 0 atom stereocenters. The lowest BCUT2D eigenvalue weighted by molar-refractivity contribution is -0.131. The highest BCUT2D eigenvalue weighted by Gasteiger charge is 2.39.